The van der Waals surface area contributed by atoms with E-state index in [4.69, 9.17) is 4.74 Å². The minimum absolute atomic E-state index is 0. The standard InChI is InChI=1S/C14H19F2NO2.ClH/c15-14(16)9-17-6-4-11(5-7-17)10-19-13-3-1-2-12(18)8-13;/h1-3,8,11,14,18H,4-7,9-10H2;1H. The fourth-order valence-electron chi connectivity index (χ4n) is 2.32. The number of rotatable bonds is 5. The zero-order valence-electron chi connectivity index (χ0n) is 11.2. The summed E-state index contributed by atoms with van der Waals surface area (Å²) in [4.78, 5) is 1.80. The van der Waals surface area contributed by atoms with Gasteiger partial charge in [-0.2, -0.15) is 0 Å². The van der Waals surface area contributed by atoms with Crippen LogP contribution in [0, 0.1) is 5.92 Å². The van der Waals surface area contributed by atoms with Gasteiger partial charge in [0.15, 0.2) is 0 Å². The molecule has 1 aromatic carbocycles. The Morgan fingerprint density at radius 3 is 2.60 bits per heavy atom. The molecule has 3 nitrogen and oxygen atoms in total. The van der Waals surface area contributed by atoms with Crippen molar-refractivity contribution in [3.8, 4) is 11.5 Å². The van der Waals surface area contributed by atoms with Crippen molar-refractivity contribution in [3.63, 3.8) is 0 Å². The van der Waals surface area contributed by atoms with Crippen LogP contribution in [0.3, 0.4) is 0 Å². The van der Waals surface area contributed by atoms with Crippen LogP contribution in [0.2, 0.25) is 0 Å². The Morgan fingerprint density at radius 1 is 1.30 bits per heavy atom. The number of phenolic OH excluding ortho intramolecular Hbond substituents is 1. The molecule has 0 spiro atoms. The summed E-state index contributed by atoms with van der Waals surface area (Å²) in [5, 5.41) is 9.31. The fraction of sp³-hybridized carbons (Fsp3) is 0.571. The SMILES string of the molecule is Cl.Oc1cccc(OCC2CCN(CC(F)F)CC2)c1. The second kappa shape index (κ2) is 8.27. The molecule has 0 aromatic heterocycles. The van der Waals surface area contributed by atoms with Crippen molar-refractivity contribution in [2.24, 2.45) is 5.92 Å². The first-order valence-electron chi connectivity index (χ1n) is 6.56. The van der Waals surface area contributed by atoms with Crippen LogP contribution >= 0.6 is 12.4 Å². The lowest BCUT2D eigenvalue weighted by Crippen LogP contribution is -2.38. The number of ether oxygens (including phenoxy) is 1. The summed E-state index contributed by atoms with van der Waals surface area (Å²) >= 11 is 0. The number of nitrogens with zero attached hydrogens (tertiary/aromatic N) is 1. The van der Waals surface area contributed by atoms with Gasteiger partial charge in [0.25, 0.3) is 6.43 Å². The number of aromatic hydroxyl groups is 1. The number of piperidine rings is 1. The number of halogens is 3. The Morgan fingerprint density at radius 2 is 2.00 bits per heavy atom. The Labute approximate surface area is 123 Å². The van der Waals surface area contributed by atoms with Crippen LogP contribution in [0.15, 0.2) is 24.3 Å². The van der Waals surface area contributed by atoms with Gasteiger partial charge >= 0.3 is 0 Å². The van der Waals surface area contributed by atoms with Gasteiger partial charge in [0, 0.05) is 6.07 Å². The van der Waals surface area contributed by atoms with E-state index in [9.17, 15) is 13.9 Å². The summed E-state index contributed by atoms with van der Waals surface area (Å²) in [6.45, 7) is 1.86. The van der Waals surface area contributed by atoms with Crippen LogP contribution in [0.5, 0.6) is 11.5 Å². The van der Waals surface area contributed by atoms with E-state index >= 15 is 0 Å². The summed E-state index contributed by atoms with van der Waals surface area (Å²) < 4.78 is 30.1. The third-order valence-electron chi connectivity index (χ3n) is 3.41. The summed E-state index contributed by atoms with van der Waals surface area (Å²) in [5.41, 5.74) is 0. The molecule has 0 bridgehead atoms. The summed E-state index contributed by atoms with van der Waals surface area (Å²) in [7, 11) is 0. The van der Waals surface area contributed by atoms with Crippen molar-refractivity contribution >= 4 is 12.4 Å². The summed E-state index contributed by atoms with van der Waals surface area (Å²) in [5.74, 6) is 1.23. The topological polar surface area (TPSA) is 32.7 Å². The van der Waals surface area contributed by atoms with E-state index in [2.05, 4.69) is 0 Å². The van der Waals surface area contributed by atoms with Gasteiger partial charge in [0.2, 0.25) is 0 Å². The Kier molecular flexibility index (Phi) is 7.02. The molecule has 1 heterocycles. The maximum atomic E-state index is 12.2. The number of hydrogen-bond donors (Lipinski definition) is 1. The second-order valence-electron chi connectivity index (χ2n) is 4.94. The number of benzene rings is 1. The molecule has 114 valence electrons. The van der Waals surface area contributed by atoms with Crippen molar-refractivity contribution in [1.29, 1.82) is 0 Å². The van der Waals surface area contributed by atoms with Gasteiger partial charge < -0.3 is 9.84 Å². The van der Waals surface area contributed by atoms with E-state index in [0.29, 0.717) is 31.4 Å². The largest absolute Gasteiger partial charge is 0.508 e. The van der Waals surface area contributed by atoms with Crippen LogP contribution in [0.25, 0.3) is 0 Å². The number of likely N-dealkylation sites (tertiary alicyclic amines) is 1. The highest BCUT2D eigenvalue weighted by Gasteiger charge is 2.21. The molecule has 1 aliphatic rings. The zero-order chi connectivity index (χ0) is 13.7. The molecule has 1 saturated heterocycles. The molecule has 1 N–H and O–H groups in total. The monoisotopic (exact) mass is 307 g/mol. The lowest BCUT2D eigenvalue weighted by atomic mass is 9.98. The van der Waals surface area contributed by atoms with Crippen LogP contribution in [-0.4, -0.2) is 42.7 Å². The molecule has 0 amide bonds. The average molecular weight is 308 g/mol. The minimum Gasteiger partial charge on any atom is -0.508 e. The van der Waals surface area contributed by atoms with Crippen molar-refractivity contribution in [2.75, 3.05) is 26.2 Å². The molecule has 20 heavy (non-hydrogen) atoms. The van der Waals surface area contributed by atoms with E-state index in [1.807, 2.05) is 0 Å². The van der Waals surface area contributed by atoms with Crippen LogP contribution < -0.4 is 4.74 Å². The lowest BCUT2D eigenvalue weighted by Gasteiger charge is -2.31. The van der Waals surface area contributed by atoms with Crippen molar-refractivity contribution in [3.05, 3.63) is 24.3 Å². The highest BCUT2D eigenvalue weighted by molar-refractivity contribution is 5.85. The molecule has 2 rings (SSSR count). The van der Waals surface area contributed by atoms with Gasteiger partial charge in [0.05, 0.1) is 13.2 Å². The first kappa shape index (κ1) is 17.0. The first-order chi connectivity index (χ1) is 9.13. The van der Waals surface area contributed by atoms with Crippen molar-refractivity contribution in [2.45, 2.75) is 19.3 Å². The molecule has 1 aliphatic heterocycles. The summed E-state index contributed by atoms with van der Waals surface area (Å²) in [6, 6.07) is 6.70. The average Bonchev–Trinajstić information content (AvgIpc) is 2.37. The van der Waals surface area contributed by atoms with Gasteiger partial charge in [-0.25, -0.2) is 8.78 Å². The smallest absolute Gasteiger partial charge is 0.251 e. The van der Waals surface area contributed by atoms with Crippen LogP contribution in [0.1, 0.15) is 12.8 Å². The highest BCUT2D eigenvalue weighted by Crippen LogP contribution is 2.22. The Bertz CT molecular complexity index is 399. The number of alkyl halides is 2. The summed E-state index contributed by atoms with van der Waals surface area (Å²) in [6.07, 6.45) is -0.489. The van der Waals surface area contributed by atoms with E-state index in [1.165, 1.54) is 0 Å². The Hall–Kier alpha value is -1.07. The minimum atomic E-state index is -2.25. The zero-order valence-corrected chi connectivity index (χ0v) is 12.0. The number of phenols is 1. The number of hydrogen-bond acceptors (Lipinski definition) is 3. The highest BCUT2D eigenvalue weighted by atomic mass is 35.5. The molecule has 0 radical (unpaired) electrons. The van der Waals surface area contributed by atoms with Gasteiger partial charge in [0.1, 0.15) is 11.5 Å². The van der Waals surface area contributed by atoms with Gasteiger partial charge in [-0.15, -0.1) is 12.4 Å². The normalized spacial score (nSPS) is 16.9. The maximum absolute atomic E-state index is 12.2. The maximum Gasteiger partial charge on any atom is 0.251 e. The predicted octanol–water partition coefficient (Wildman–Crippen LogP) is 3.17. The van der Waals surface area contributed by atoms with Gasteiger partial charge in [-0.1, -0.05) is 6.07 Å². The molecule has 0 unspecified atom stereocenters. The molecular weight excluding hydrogens is 288 g/mol. The van der Waals surface area contributed by atoms with Crippen LogP contribution in [-0.2, 0) is 0 Å². The third kappa shape index (κ3) is 5.51. The Balaban J connectivity index is 0.00000200. The molecule has 0 aliphatic carbocycles. The van der Waals surface area contributed by atoms with Gasteiger partial charge in [-0.3, -0.25) is 4.90 Å². The predicted molar refractivity (Wildman–Crippen MR) is 76.0 cm³/mol. The molecule has 0 atom stereocenters. The van der Waals surface area contributed by atoms with Crippen molar-refractivity contribution < 1.29 is 18.6 Å². The molecular formula is C14H20ClF2NO2. The second-order valence-corrected chi connectivity index (χ2v) is 4.94. The molecule has 6 heteroatoms. The van der Waals surface area contributed by atoms with Crippen LogP contribution in [0.4, 0.5) is 8.78 Å². The first-order valence-corrected chi connectivity index (χ1v) is 6.56. The van der Waals surface area contributed by atoms with Gasteiger partial charge in [-0.05, 0) is 44.0 Å². The quantitative estimate of drug-likeness (QED) is 0.907. The third-order valence-corrected chi connectivity index (χ3v) is 3.41. The molecule has 1 aromatic rings. The van der Waals surface area contributed by atoms with E-state index in [1.54, 1.807) is 29.2 Å². The van der Waals surface area contributed by atoms with E-state index in [0.717, 1.165) is 12.8 Å². The van der Waals surface area contributed by atoms with E-state index < -0.39 is 6.43 Å². The fourth-order valence-corrected chi connectivity index (χ4v) is 2.32. The lowest BCUT2D eigenvalue weighted by molar-refractivity contribution is 0.0620. The molecule has 0 saturated carbocycles. The van der Waals surface area contributed by atoms with Crippen molar-refractivity contribution in [1.82, 2.24) is 4.90 Å². The molecule has 1 fully saturated rings. The van der Waals surface area contributed by atoms with E-state index in [-0.39, 0.29) is 24.7 Å².